The molecule has 2 N–H and O–H groups in total. The molecule has 148 valence electrons. The third kappa shape index (κ3) is 3.98. The first-order chi connectivity index (χ1) is 14.0. The number of fused-ring (bicyclic) bond motifs is 1. The van der Waals surface area contributed by atoms with Crippen LogP contribution < -0.4 is 14.8 Å². The molecule has 0 radical (unpaired) electrons. The number of benzene rings is 2. The normalized spacial score (nSPS) is 11.5. The number of para-hydroxylation sites is 1. The summed E-state index contributed by atoms with van der Waals surface area (Å²) in [6.45, 7) is 0. The summed E-state index contributed by atoms with van der Waals surface area (Å²) in [6, 6.07) is 9.61. The van der Waals surface area contributed by atoms with Gasteiger partial charge in [0.2, 0.25) is 15.2 Å². The highest BCUT2D eigenvalue weighted by Crippen LogP contribution is 2.37. The van der Waals surface area contributed by atoms with Gasteiger partial charge in [0.25, 0.3) is 0 Å². The first-order valence-corrected chi connectivity index (χ1v) is 10.8. The van der Waals surface area contributed by atoms with Crippen LogP contribution in [0.1, 0.15) is 0 Å². The van der Waals surface area contributed by atoms with Gasteiger partial charge in [0.15, 0.2) is 5.75 Å². The van der Waals surface area contributed by atoms with Gasteiger partial charge in [-0.3, -0.25) is 0 Å². The zero-order chi connectivity index (χ0) is 20.4. The van der Waals surface area contributed by atoms with E-state index in [4.69, 9.17) is 16.3 Å². The van der Waals surface area contributed by atoms with E-state index in [-0.39, 0.29) is 15.7 Å². The molecule has 0 bridgehead atoms. The predicted octanol–water partition coefficient (Wildman–Crippen LogP) is 3.58. The van der Waals surface area contributed by atoms with E-state index in [1.54, 1.807) is 24.3 Å². The van der Waals surface area contributed by atoms with Crippen molar-refractivity contribution in [1.82, 2.24) is 24.0 Å². The van der Waals surface area contributed by atoms with Crippen molar-refractivity contribution >= 4 is 55.0 Å². The molecule has 0 saturated heterocycles. The average Bonchev–Trinajstić information content (AvgIpc) is 3.23. The van der Waals surface area contributed by atoms with Gasteiger partial charge < -0.3 is 10.1 Å². The molecule has 9 nitrogen and oxygen atoms in total. The van der Waals surface area contributed by atoms with Crippen LogP contribution in [0.25, 0.3) is 10.9 Å². The summed E-state index contributed by atoms with van der Waals surface area (Å²) in [7, 11) is -2.45. The first kappa shape index (κ1) is 19.5. The molecule has 2 aromatic carbocycles. The summed E-state index contributed by atoms with van der Waals surface area (Å²) >= 11 is 7.41. The van der Waals surface area contributed by atoms with E-state index >= 15 is 0 Å². The average molecular weight is 449 g/mol. The molecule has 12 heteroatoms. The van der Waals surface area contributed by atoms with Crippen molar-refractivity contribution in [2.45, 2.75) is 4.90 Å². The highest BCUT2D eigenvalue weighted by Gasteiger charge is 2.21. The Morgan fingerprint density at radius 2 is 1.97 bits per heavy atom. The van der Waals surface area contributed by atoms with Crippen molar-refractivity contribution in [2.24, 2.45) is 0 Å². The number of rotatable bonds is 6. The fraction of sp³-hybridized carbons (Fsp3) is 0.0588. The Labute approximate surface area is 175 Å². The van der Waals surface area contributed by atoms with E-state index in [1.807, 2.05) is 0 Å². The monoisotopic (exact) mass is 448 g/mol. The number of aromatic nitrogens is 4. The molecule has 4 aromatic rings. The lowest BCUT2D eigenvalue weighted by atomic mass is 10.2. The smallest absolute Gasteiger partial charge is 0.244 e. The number of sulfonamides is 1. The fourth-order valence-corrected chi connectivity index (χ4v) is 4.13. The second-order valence-corrected chi connectivity index (χ2v) is 8.69. The van der Waals surface area contributed by atoms with Gasteiger partial charge in [-0.15, -0.1) is 0 Å². The lowest BCUT2D eigenvalue weighted by Crippen LogP contribution is -2.19. The van der Waals surface area contributed by atoms with Gasteiger partial charge in [-0.05, 0) is 37.4 Å². The van der Waals surface area contributed by atoms with Crippen molar-refractivity contribution < 1.29 is 13.2 Å². The highest BCUT2D eigenvalue weighted by molar-refractivity contribution is 7.89. The Kier molecular flexibility index (Phi) is 5.28. The quantitative estimate of drug-likeness (QED) is 0.459. The van der Waals surface area contributed by atoms with Crippen LogP contribution >= 0.6 is 23.1 Å². The number of nitrogens with zero attached hydrogens (tertiary/aromatic N) is 4. The summed E-state index contributed by atoms with van der Waals surface area (Å²) in [4.78, 5) is 12.5. The van der Waals surface area contributed by atoms with Gasteiger partial charge in [0.1, 0.15) is 29.1 Å². The molecule has 0 aliphatic rings. The summed E-state index contributed by atoms with van der Waals surface area (Å²) in [5.74, 6) is 0.908. The molecular weight excluding hydrogens is 436 g/mol. The Bertz CT molecular complexity index is 1280. The summed E-state index contributed by atoms with van der Waals surface area (Å²) in [5.41, 5.74) is 0.668. The second-order valence-electron chi connectivity index (χ2n) is 5.65. The molecule has 29 heavy (non-hydrogen) atoms. The SMILES string of the molecule is CNS(=O)(=O)c1cccc(Cl)c1Oc1ccc2ncnc(Nc3ncns3)c2c1. The van der Waals surface area contributed by atoms with Crippen LogP contribution in [0.4, 0.5) is 10.9 Å². The minimum atomic E-state index is -3.77. The lowest BCUT2D eigenvalue weighted by Gasteiger charge is -2.13. The number of anilines is 2. The Morgan fingerprint density at radius 3 is 2.72 bits per heavy atom. The Morgan fingerprint density at radius 1 is 1.10 bits per heavy atom. The van der Waals surface area contributed by atoms with Crippen LogP contribution in [-0.4, -0.2) is 34.8 Å². The maximum atomic E-state index is 12.3. The zero-order valence-corrected chi connectivity index (χ0v) is 17.2. The van der Waals surface area contributed by atoms with Gasteiger partial charge in [0, 0.05) is 16.9 Å². The van der Waals surface area contributed by atoms with Gasteiger partial charge >= 0.3 is 0 Å². The molecule has 0 spiro atoms. The standard InChI is InChI=1S/C17H13ClN6O3S2/c1-19-29(25,26)14-4-2-3-12(18)15(14)27-10-5-6-13-11(7-10)16(21-8-20-13)24-17-22-9-23-28-17/h2-9,19H,1H3,(H,20,21,22,23,24). The minimum absolute atomic E-state index is 0.0262. The molecule has 0 unspecified atom stereocenters. The molecule has 0 aliphatic carbocycles. The van der Waals surface area contributed by atoms with Crippen LogP contribution in [0.5, 0.6) is 11.5 Å². The van der Waals surface area contributed by atoms with E-state index in [2.05, 4.69) is 29.4 Å². The predicted molar refractivity (Wildman–Crippen MR) is 111 cm³/mol. The van der Waals surface area contributed by atoms with Crippen LogP contribution in [0, 0.1) is 0 Å². The second kappa shape index (κ2) is 7.87. The van der Waals surface area contributed by atoms with Crippen molar-refractivity contribution in [3.63, 3.8) is 0 Å². The zero-order valence-electron chi connectivity index (χ0n) is 14.8. The lowest BCUT2D eigenvalue weighted by molar-refractivity contribution is 0.468. The van der Waals surface area contributed by atoms with E-state index < -0.39 is 10.0 Å². The van der Waals surface area contributed by atoms with Gasteiger partial charge in [-0.2, -0.15) is 4.37 Å². The van der Waals surface area contributed by atoms with E-state index in [0.717, 1.165) is 0 Å². The molecule has 0 aliphatic heterocycles. The Balaban J connectivity index is 1.77. The highest BCUT2D eigenvalue weighted by atomic mass is 35.5. The van der Waals surface area contributed by atoms with Crippen molar-refractivity contribution in [1.29, 1.82) is 0 Å². The molecule has 2 heterocycles. The van der Waals surface area contributed by atoms with Gasteiger partial charge in [-0.1, -0.05) is 17.7 Å². The molecule has 4 rings (SSSR count). The van der Waals surface area contributed by atoms with Crippen LogP contribution in [0.15, 0.2) is 53.9 Å². The summed E-state index contributed by atoms with van der Waals surface area (Å²) in [6.07, 6.45) is 2.87. The van der Waals surface area contributed by atoms with Crippen molar-refractivity contribution in [2.75, 3.05) is 12.4 Å². The van der Waals surface area contributed by atoms with E-state index in [9.17, 15) is 8.42 Å². The van der Waals surface area contributed by atoms with Gasteiger partial charge in [-0.25, -0.2) is 28.1 Å². The molecule has 2 aromatic heterocycles. The largest absolute Gasteiger partial charge is 0.454 e. The summed E-state index contributed by atoms with van der Waals surface area (Å²) < 4.78 is 36.7. The third-order valence-electron chi connectivity index (χ3n) is 3.90. The Hall–Kier alpha value is -2.86. The van der Waals surface area contributed by atoms with E-state index in [0.29, 0.717) is 27.6 Å². The van der Waals surface area contributed by atoms with Crippen LogP contribution in [0.3, 0.4) is 0 Å². The maximum Gasteiger partial charge on any atom is 0.244 e. The first-order valence-electron chi connectivity index (χ1n) is 8.16. The molecular formula is C17H13ClN6O3S2. The number of hydrogen-bond acceptors (Lipinski definition) is 9. The topological polar surface area (TPSA) is 119 Å². The molecule has 0 fully saturated rings. The molecule has 0 atom stereocenters. The molecule has 0 amide bonds. The minimum Gasteiger partial charge on any atom is -0.454 e. The van der Waals surface area contributed by atoms with Crippen molar-refractivity contribution in [3.8, 4) is 11.5 Å². The number of hydrogen-bond donors (Lipinski definition) is 2. The van der Waals surface area contributed by atoms with E-state index in [1.165, 1.54) is 43.4 Å². The van der Waals surface area contributed by atoms with Crippen LogP contribution in [0.2, 0.25) is 5.02 Å². The maximum absolute atomic E-state index is 12.3. The number of nitrogens with one attached hydrogen (secondary N) is 2. The van der Waals surface area contributed by atoms with Crippen molar-refractivity contribution in [3.05, 3.63) is 54.1 Å². The van der Waals surface area contributed by atoms with Gasteiger partial charge in [0.05, 0.1) is 10.5 Å². The fourth-order valence-electron chi connectivity index (χ4n) is 2.56. The molecule has 0 saturated carbocycles. The van der Waals surface area contributed by atoms with Crippen LogP contribution in [-0.2, 0) is 10.0 Å². The third-order valence-corrected chi connectivity index (χ3v) is 6.22. The number of ether oxygens (including phenoxy) is 1. The summed E-state index contributed by atoms with van der Waals surface area (Å²) in [5, 5.41) is 4.48. The number of halogens is 1.